The van der Waals surface area contributed by atoms with Gasteiger partial charge in [0.15, 0.2) is 0 Å². The van der Waals surface area contributed by atoms with Crippen LogP contribution in [0.15, 0.2) is 17.8 Å². The van der Waals surface area contributed by atoms with Gasteiger partial charge in [0.1, 0.15) is 17.0 Å². The van der Waals surface area contributed by atoms with Gasteiger partial charge in [-0.15, -0.1) is 11.3 Å². The summed E-state index contributed by atoms with van der Waals surface area (Å²) in [5.74, 6) is 0.958. The zero-order chi connectivity index (χ0) is 11.7. The first-order valence-corrected chi connectivity index (χ1v) is 6.83. The van der Waals surface area contributed by atoms with Crippen LogP contribution in [0.2, 0.25) is 0 Å². The minimum Gasteiger partial charge on any atom is -0.369 e. The summed E-state index contributed by atoms with van der Waals surface area (Å²) < 4.78 is 0. The maximum absolute atomic E-state index is 5.65. The highest BCUT2D eigenvalue weighted by molar-refractivity contribution is 7.16. The summed E-state index contributed by atoms with van der Waals surface area (Å²) in [7, 11) is 0. The van der Waals surface area contributed by atoms with Gasteiger partial charge in [-0.2, -0.15) is 0 Å². The van der Waals surface area contributed by atoms with Crippen LogP contribution >= 0.6 is 11.3 Å². The Labute approximate surface area is 104 Å². The van der Waals surface area contributed by atoms with Crippen LogP contribution in [0, 0.1) is 5.41 Å². The van der Waals surface area contributed by atoms with Crippen LogP contribution in [0.3, 0.4) is 0 Å². The van der Waals surface area contributed by atoms with Crippen molar-refractivity contribution in [2.45, 2.75) is 19.3 Å². The van der Waals surface area contributed by atoms with Crippen LogP contribution in [0.1, 0.15) is 19.3 Å². The monoisotopic (exact) mass is 248 g/mol. The highest BCUT2D eigenvalue weighted by Gasteiger charge is 2.41. The highest BCUT2D eigenvalue weighted by Crippen LogP contribution is 2.48. The minimum atomic E-state index is 0.433. The molecule has 0 spiro atoms. The summed E-state index contributed by atoms with van der Waals surface area (Å²) in [4.78, 5) is 9.62. The molecule has 0 saturated heterocycles. The number of rotatable bonds is 5. The SMILES string of the molecule is NCCC1(CNc2ncnc3sccc23)CC1. The Morgan fingerprint density at radius 3 is 3.06 bits per heavy atom. The Balaban J connectivity index is 1.75. The summed E-state index contributed by atoms with van der Waals surface area (Å²) in [6.07, 6.45) is 5.31. The van der Waals surface area contributed by atoms with E-state index in [4.69, 9.17) is 5.73 Å². The minimum absolute atomic E-state index is 0.433. The van der Waals surface area contributed by atoms with Crippen LogP contribution in [0.4, 0.5) is 5.82 Å². The molecule has 17 heavy (non-hydrogen) atoms. The third-order valence-corrected chi connectivity index (χ3v) is 4.35. The van der Waals surface area contributed by atoms with E-state index < -0.39 is 0 Å². The zero-order valence-electron chi connectivity index (χ0n) is 9.65. The highest BCUT2D eigenvalue weighted by atomic mass is 32.1. The summed E-state index contributed by atoms with van der Waals surface area (Å²) in [6, 6.07) is 2.07. The molecular weight excluding hydrogens is 232 g/mol. The number of nitrogens with two attached hydrogens (primary N) is 1. The molecule has 0 aliphatic heterocycles. The molecule has 1 saturated carbocycles. The van der Waals surface area contributed by atoms with Crippen LogP contribution in [-0.2, 0) is 0 Å². The first kappa shape index (κ1) is 10.9. The van der Waals surface area contributed by atoms with E-state index in [-0.39, 0.29) is 0 Å². The summed E-state index contributed by atoms with van der Waals surface area (Å²) in [6.45, 7) is 1.76. The number of aromatic nitrogens is 2. The number of anilines is 1. The lowest BCUT2D eigenvalue weighted by Gasteiger charge is -2.15. The van der Waals surface area contributed by atoms with Crippen molar-refractivity contribution in [1.82, 2.24) is 9.97 Å². The standard InChI is InChI=1S/C12H16N4S/c13-5-4-12(2-3-12)7-14-10-9-1-6-17-11(9)16-8-15-10/h1,6,8H,2-5,7,13H2,(H,14,15,16). The van der Waals surface area contributed by atoms with Crippen molar-refractivity contribution in [3.8, 4) is 0 Å². The van der Waals surface area contributed by atoms with Crippen LogP contribution in [0.5, 0.6) is 0 Å². The van der Waals surface area contributed by atoms with E-state index in [1.54, 1.807) is 17.7 Å². The molecule has 90 valence electrons. The lowest BCUT2D eigenvalue weighted by Crippen LogP contribution is -2.19. The summed E-state index contributed by atoms with van der Waals surface area (Å²) >= 11 is 1.65. The van der Waals surface area contributed by atoms with E-state index >= 15 is 0 Å². The molecule has 2 aromatic rings. The molecule has 3 rings (SSSR count). The molecule has 0 bridgehead atoms. The molecule has 0 aromatic carbocycles. The molecule has 1 aliphatic carbocycles. The van der Waals surface area contributed by atoms with E-state index in [9.17, 15) is 0 Å². The average Bonchev–Trinajstić information content (AvgIpc) is 2.92. The Bertz CT molecular complexity index is 518. The topological polar surface area (TPSA) is 63.8 Å². The second-order valence-corrected chi connectivity index (χ2v) is 5.65. The van der Waals surface area contributed by atoms with E-state index in [1.165, 1.54) is 12.8 Å². The van der Waals surface area contributed by atoms with E-state index in [0.717, 1.165) is 35.5 Å². The first-order chi connectivity index (χ1) is 8.33. The normalized spacial score (nSPS) is 17.2. The smallest absolute Gasteiger partial charge is 0.138 e. The summed E-state index contributed by atoms with van der Waals surface area (Å²) in [5.41, 5.74) is 6.08. The maximum atomic E-state index is 5.65. The summed E-state index contributed by atoms with van der Waals surface area (Å²) in [5, 5.41) is 6.64. The van der Waals surface area contributed by atoms with Gasteiger partial charge < -0.3 is 11.1 Å². The van der Waals surface area contributed by atoms with Crippen LogP contribution < -0.4 is 11.1 Å². The molecule has 2 aromatic heterocycles. The van der Waals surface area contributed by atoms with Crippen molar-refractivity contribution >= 4 is 27.4 Å². The molecule has 1 aliphatic rings. The molecule has 0 amide bonds. The third kappa shape index (κ3) is 2.12. The van der Waals surface area contributed by atoms with Crippen LogP contribution in [0.25, 0.3) is 10.2 Å². The molecule has 3 N–H and O–H groups in total. The second-order valence-electron chi connectivity index (χ2n) is 4.75. The predicted octanol–water partition coefficient (Wildman–Crippen LogP) is 2.23. The van der Waals surface area contributed by atoms with Crippen LogP contribution in [-0.4, -0.2) is 23.1 Å². The molecule has 5 heteroatoms. The fourth-order valence-corrected chi connectivity index (χ4v) is 2.93. The number of hydrogen-bond acceptors (Lipinski definition) is 5. The second kappa shape index (κ2) is 4.23. The molecular formula is C12H16N4S. The molecule has 0 atom stereocenters. The quantitative estimate of drug-likeness (QED) is 0.851. The van der Waals surface area contributed by atoms with Gasteiger partial charge in [0.2, 0.25) is 0 Å². The van der Waals surface area contributed by atoms with E-state index in [1.807, 2.05) is 0 Å². The Morgan fingerprint density at radius 1 is 1.41 bits per heavy atom. The largest absolute Gasteiger partial charge is 0.369 e. The number of fused-ring (bicyclic) bond motifs is 1. The van der Waals surface area contributed by atoms with Gasteiger partial charge in [-0.05, 0) is 42.7 Å². The lowest BCUT2D eigenvalue weighted by atomic mass is 10.0. The molecule has 0 unspecified atom stereocenters. The fraction of sp³-hybridized carbons (Fsp3) is 0.500. The van der Waals surface area contributed by atoms with Gasteiger partial charge in [-0.3, -0.25) is 0 Å². The zero-order valence-corrected chi connectivity index (χ0v) is 10.5. The van der Waals surface area contributed by atoms with Crippen molar-refractivity contribution in [2.24, 2.45) is 11.1 Å². The van der Waals surface area contributed by atoms with Gasteiger partial charge in [0, 0.05) is 6.54 Å². The fourth-order valence-electron chi connectivity index (χ4n) is 2.20. The van der Waals surface area contributed by atoms with Gasteiger partial charge >= 0.3 is 0 Å². The lowest BCUT2D eigenvalue weighted by molar-refractivity contribution is 0.501. The molecule has 1 fully saturated rings. The Kier molecular flexibility index (Phi) is 2.72. The van der Waals surface area contributed by atoms with Crippen molar-refractivity contribution in [1.29, 1.82) is 0 Å². The molecule has 4 nitrogen and oxygen atoms in total. The Hall–Kier alpha value is -1.20. The maximum Gasteiger partial charge on any atom is 0.138 e. The molecule has 2 heterocycles. The number of nitrogens with one attached hydrogen (secondary N) is 1. The number of thiophene rings is 1. The Morgan fingerprint density at radius 2 is 2.29 bits per heavy atom. The van der Waals surface area contributed by atoms with Gasteiger partial charge in [-0.25, -0.2) is 9.97 Å². The van der Waals surface area contributed by atoms with E-state index in [0.29, 0.717) is 5.41 Å². The number of nitrogens with zero attached hydrogens (tertiary/aromatic N) is 2. The van der Waals surface area contributed by atoms with Gasteiger partial charge in [-0.1, -0.05) is 0 Å². The van der Waals surface area contributed by atoms with Crippen molar-refractivity contribution < 1.29 is 0 Å². The van der Waals surface area contributed by atoms with Gasteiger partial charge in [0.05, 0.1) is 5.39 Å². The predicted molar refractivity (Wildman–Crippen MR) is 71.2 cm³/mol. The van der Waals surface area contributed by atoms with Crippen molar-refractivity contribution in [2.75, 3.05) is 18.4 Å². The third-order valence-electron chi connectivity index (χ3n) is 3.52. The van der Waals surface area contributed by atoms with E-state index in [2.05, 4.69) is 26.7 Å². The average molecular weight is 248 g/mol. The van der Waals surface area contributed by atoms with Crippen molar-refractivity contribution in [3.63, 3.8) is 0 Å². The van der Waals surface area contributed by atoms with Gasteiger partial charge in [0.25, 0.3) is 0 Å². The first-order valence-electron chi connectivity index (χ1n) is 5.95. The number of hydrogen-bond donors (Lipinski definition) is 2. The molecule has 0 radical (unpaired) electrons. The van der Waals surface area contributed by atoms with Crippen molar-refractivity contribution in [3.05, 3.63) is 17.8 Å².